The number of amides is 1. The highest BCUT2D eigenvalue weighted by atomic mass is 32.2. The van der Waals surface area contributed by atoms with Crippen molar-refractivity contribution in [3.05, 3.63) is 53.1 Å². The molecule has 0 radical (unpaired) electrons. The van der Waals surface area contributed by atoms with E-state index in [1.807, 2.05) is 36.9 Å². The Labute approximate surface area is 196 Å². The Kier molecular flexibility index (Phi) is 6.35. The Morgan fingerprint density at radius 1 is 1.12 bits per heavy atom. The summed E-state index contributed by atoms with van der Waals surface area (Å²) >= 11 is 3.42. The van der Waals surface area contributed by atoms with Gasteiger partial charge in [-0.15, -0.1) is 11.8 Å². The normalized spacial score (nSPS) is 22.8. The molecule has 1 amide bonds. The molecule has 1 fully saturated rings. The highest BCUT2D eigenvalue weighted by Gasteiger charge is 2.33. The van der Waals surface area contributed by atoms with Gasteiger partial charge in [-0.2, -0.15) is 11.8 Å². The van der Waals surface area contributed by atoms with Gasteiger partial charge in [0, 0.05) is 42.4 Å². The number of ether oxygens (including phenoxy) is 2. The van der Waals surface area contributed by atoms with Gasteiger partial charge in [-0.25, -0.2) is 0 Å². The number of fused-ring (bicyclic) bond motifs is 2. The van der Waals surface area contributed by atoms with Crippen LogP contribution in [0, 0.1) is 0 Å². The van der Waals surface area contributed by atoms with E-state index < -0.39 is 0 Å². The molecule has 2 aromatic carbocycles. The third kappa shape index (κ3) is 4.63. The lowest BCUT2D eigenvalue weighted by Crippen LogP contribution is -2.32. The van der Waals surface area contributed by atoms with Gasteiger partial charge in [0.1, 0.15) is 0 Å². The SMILES string of the molecule is C[C@@H]1S[C@@H](C(=O)Nc2ccc(CN3CCSCC3)cc2)Cc2cc3c(cc2C1=O)OCO3. The Hall–Kier alpha value is -2.16. The first-order chi connectivity index (χ1) is 15.6. The van der Waals surface area contributed by atoms with Crippen LogP contribution in [0.2, 0.25) is 0 Å². The van der Waals surface area contributed by atoms with Crippen LogP contribution in [-0.4, -0.2) is 58.5 Å². The maximum atomic E-state index is 13.1. The second-order valence-electron chi connectivity index (χ2n) is 8.27. The fourth-order valence-electron chi connectivity index (χ4n) is 4.25. The van der Waals surface area contributed by atoms with Crippen molar-refractivity contribution < 1.29 is 19.1 Å². The molecule has 2 atom stereocenters. The van der Waals surface area contributed by atoms with Gasteiger partial charge in [0.15, 0.2) is 17.3 Å². The molecule has 0 saturated carbocycles. The van der Waals surface area contributed by atoms with E-state index in [0.29, 0.717) is 23.5 Å². The zero-order valence-electron chi connectivity index (χ0n) is 18.0. The lowest BCUT2D eigenvalue weighted by atomic mass is 9.97. The highest BCUT2D eigenvalue weighted by Crippen LogP contribution is 2.39. The Morgan fingerprint density at radius 3 is 2.59 bits per heavy atom. The molecule has 3 aliphatic rings. The fraction of sp³-hybridized carbons (Fsp3) is 0.417. The van der Waals surface area contributed by atoms with Crippen molar-refractivity contribution in [2.75, 3.05) is 36.7 Å². The zero-order chi connectivity index (χ0) is 22.1. The summed E-state index contributed by atoms with van der Waals surface area (Å²) in [6.45, 7) is 5.22. The first-order valence-electron chi connectivity index (χ1n) is 10.9. The Bertz CT molecular complexity index is 1020. The average molecular weight is 471 g/mol. The number of thioether (sulfide) groups is 2. The molecule has 0 aromatic heterocycles. The van der Waals surface area contributed by atoms with E-state index in [1.54, 1.807) is 6.07 Å². The number of nitrogens with zero attached hydrogens (tertiary/aromatic N) is 1. The first kappa shape index (κ1) is 21.7. The summed E-state index contributed by atoms with van der Waals surface area (Å²) in [4.78, 5) is 28.5. The molecule has 32 heavy (non-hydrogen) atoms. The van der Waals surface area contributed by atoms with E-state index in [9.17, 15) is 9.59 Å². The van der Waals surface area contributed by atoms with Crippen molar-refractivity contribution in [1.82, 2.24) is 4.90 Å². The number of Topliss-reactive ketones (excluding diaryl/α,β-unsaturated/α-hetero) is 1. The molecule has 8 heteroatoms. The molecule has 1 N–H and O–H groups in total. The third-order valence-electron chi connectivity index (χ3n) is 6.03. The number of benzene rings is 2. The van der Waals surface area contributed by atoms with E-state index in [4.69, 9.17) is 9.47 Å². The molecule has 0 aliphatic carbocycles. The number of carbonyl (C=O) groups is 2. The molecule has 2 aromatic rings. The van der Waals surface area contributed by atoms with Crippen LogP contribution in [0.1, 0.15) is 28.4 Å². The van der Waals surface area contributed by atoms with E-state index in [-0.39, 0.29) is 29.0 Å². The van der Waals surface area contributed by atoms with E-state index in [1.165, 1.54) is 28.8 Å². The van der Waals surface area contributed by atoms with Gasteiger partial charge in [0.25, 0.3) is 0 Å². The minimum absolute atomic E-state index is 0.0269. The molecule has 3 heterocycles. The van der Waals surface area contributed by atoms with Crippen LogP contribution in [0.25, 0.3) is 0 Å². The van der Waals surface area contributed by atoms with Crippen molar-refractivity contribution >= 4 is 40.9 Å². The molecule has 5 rings (SSSR count). The van der Waals surface area contributed by atoms with E-state index in [0.717, 1.165) is 30.9 Å². The molecule has 0 bridgehead atoms. The largest absolute Gasteiger partial charge is 0.454 e. The summed E-state index contributed by atoms with van der Waals surface area (Å²) in [5, 5.41) is 2.38. The van der Waals surface area contributed by atoms with Gasteiger partial charge in [0.2, 0.25) is 12.7 Å². The quantitative estimate of drug-likeness (QED) is 0.728. The molecule has 0 unspecified atom stereocenters. The van der Waals surface area contributed by atoms with Crippen LogP contribution in [0.15, 0.2) is 36.4 Å². The monoisotopic (exact) mass is 470 g/mol. The second kappa shape index (κ2) is 9.37. The van der Waals surface area contributed by atoms with Gasteiger partial charge < -0.3 is 14.8 Å². The van der Waals surface area contributed by atoms with Crippen LogP contribution in [-0.2, 0) is 17.8 Å². The van der Waals surface area contributed by atoms with E-state index in [2.05, 4.69) is 22.3 Å². The van der Waals surface area contributed by atoms with Gasteiger partial charge in [-0.1, -0.05) is 12.1 Å². The summed E-state index contributed by atoms with van der Waals surface area (Å²) in [7, 11) is 0. The maximum Gasteiger partial charge on any atom is 0.237 e. The molecule has 3 aliphatic heterocycles. The number of hydrogen-bond acceptors (Lipinski definition) is 7. The summed E-state index contributed by atoms with van der Waals surface area (Å²) in [5.41, 5.74) is 3.50. The molecular weight excluding hydrogens is 444 g/mol. The lowest BCUT2D eigenvalue weighted by molar-refractivity contribution is -0.115. The van der Waals surface area contributed by atoms with Crippen molar-refractivity contribution in [2.45, 2.75) is 30.4 Å². The summed E-state index contributed by atoms with van der Waals surface area (Å²) in [6.07, 6.45) is 0.476. The van der Waals surface area contributed by atoms with Crippen LogP contribution in [0.3, 0.4) is 0 Å². The Morgan fingerprint density at radius 2 is 1.84 bits per heavy atom. The summed E-state index contributed by atoms with van der Waals surface area (Å²) in [5.74, 6) is 3.57. The van der Waals surface area contributed by atoms with Crippen molar-refractivity contribution in [1.29, 1.82) is 0 Å². The number of anilines is 1. The van der Waals surface area contributed by atoms with Crippen molar-refractivity contribution in [2.24, 2.45) is 0 Å². The summed E-state index contributed by atoms with van der Waals surface area (Å²) in [6, 6.07) is 11.7. The van der Waals surface area contributed by atoms with Crippen molar-refractivity contribution in [3.8, 4) is 11.5 Å². The van der Waals surface area contributed by atoms with Crippen LogP contribution < -0.4 is 14.8 Å². The molecule has 1 saturated heterocycles. The lowest BCUT2D eigenvalue weighted by Gasteiger charge is -2.26. The number of ketones is 1. The van der Waals surface area contributed by atoms with E-state index >= 15 is 0 Å². The fourth-order valence-corrected chi connectivity index (χ4v) is 6.43. The van der Waals surface area contributed by atoms with Crippen LogP contribution >= 0.6 is 23.5 Å². The third-order valence-corrected chi connectivity index (χ3v) is 8.30. The molecule has 0 spiro atoms. The molecule has 6 nitrogen and oxygen atoms in total. The van der Waals surface area contributed by atoms with Crippen molar-refractivity contribution in [3.63, 3.8) is 0 Å². The minimum atomic E-state index is -0.360. The maximum absolute atomic E-state index is 13.1. The van der Waals surface area contributed by atoms with Gasteiger partial charge in [-0.3, -0.25) is 14.5 Å². The standard InChI is InChI=1S/C24H26N2O4S2/c1-15-23(27)19-12-21-20(29-14-30-21)10-17(19)11-22(32-15)24(28)25-18-4-2-16(3-5-18)13-26-6-8-31-9-7-26/h2-5,10,12,15,22H,6-9,11,13-14H2,1H3,(H,25,28)/t15-,22+/m0/s1. The molecular formula is C24H26N2O4S2. The predicted octanol–water partition coefficient (Wildman–Crippen LogP) is 3.83. The van der Waals surface area contributed by atoms with Gasteiger partial charge in [0.05, 0.1) is 10.5 Å². The van der Waals surface area contributed by atoms with Crippen LogP contribution in [0.4, 0.5) is 5.69 Å². The van der Waals surface area contributed by atoms with Gasteiger partial charge in [-0.05, 0) is 48.7 Å². The van der Waals surface area contributed by atoms with Gasteiger partial charge >= 0.3 is 0 Å². The molecule has 168 valence electrons. The summed E-state index contributed by atoms with van der Waals surface area (Å²) < 4.78 is 10.9. The number of hydrogen-bond donors (Lipinski definition) is 1. The minimum Gasteiger partial charge on any atom is -0.454 e. The second-order valence-corrected chi connectivity index (χ2v) is 11.0. The average Bonchev–Trinajstić information content (AvgIpc) is 3.22. The smallest absolute Gasteiger partial charge is 0.237 e. The highest BCUT2D eigenvalue weighted by molar-refractivity contribution is 8.02. The number of carbonyl (C=O) groups excluding carboxylic acids is 2. The van der Waals surface area contributed by atoms with Crippen LogP contribution in [0.5, 0.6) is 11.5 Å². The topological polar surface area (TPSA) is 67.9 Å². The first-order valence-corrected chi connectivity index (χ1v) is 13.0. The predicted molar refractivity (Wildman–Crippen MR) is 129 cm³/mol. The zero-order valence-corrected chi connectivity index (χ0v) is 19.6. The number of rotatable bonds is 4. The Balaban J connectivity index is 1.27. The number of nitrogens with one attached hydrogen (secondary N) is 1.